The third kappa shape index (κ3) is 3.10. The Morgan fingerprint density at radius 1 is 1.56 bits per heavy atom. The highest BCUT2D eigenvalue weighted by Gasteiger charge is 2.25. The van der Waals surface area contributed by atoms with E-state index >= 15 is 0 Å². The Morgan fingerprint density at radius 3 is 2.75 bits per heavy atom. The molecule has 0 aromatic carbocycles. The van der Waals surface area contributed by atoms with Gasteiger partial charge in [0.15, 0.2) is 0 Å². The normalized spacial score (nSPS) is 11.5. The van der Waals surface area contributed by atoms with Crippen LogP contribution in [0.4, 0.5) is 0 Å². The zero-order chi connectivity index (χ0) is 12.2. The summed E-state index contributed by atoms with van der Waals surface area (Å²) in [6, 6.07) is 3.70. The number of carbonyl (C=O) groups excluding carboxylic acids is 1. The second-order valence-corrected chi connectivity index (χ2v) is 4.55. The number of rotatable bonds is 5. The summed E-state index contributed by atoms with van der Waals surface area (Å²) in [5.74, 6) is 0.930. The Bertz CT molecular complexity index is 331. The number of hydrogen-bond donors (Lipinski definition) is 1. The van der Waals surface area contributed by atoms with Gasteiger partial charge < -0.3 is 15.1 Å². The molecule has 0 saturated carbocycles. The van der Waals surface area contributed by atoms with E-state index in [9.17, 15) is 4.79 Å². The van der Waals surface area contributed by atoms with Crippen LogP contribution in [0.3, 0.4) is 0 Å². The summed E-state index contributed by atoms with van der Waals surface area (Å²) in [7, 11) is 1.79. The summed E-state index contributed by atoms with van der Waals surface area (Å²) >= 11 is 0. The van der Waals surface area contributed by atoms with Gasteiger partial charge in [-0.3, -0.25) is 4.79 Å². The molecule has 0 aliphatic rings. The van der Waals surface area contributed by atoms with E-state index in [1.807, 2.05) is 26.0 Å². The molecule has 1 aromatic heterocycles. The fourth-order valence-corrected chi connectivity index (χ4v) is 1.33. The first kappa shape index (κ1) is 12.8. The van der Waals surface area contributed by atoms with Crippen molar-refractivity contribution < 1.29 is 9.21 Å². The van der Waals surface area contributed by atoms with Gasteiger partial charge in [0.25, 0.3) is 0 Å². The van der Waals surface area contributed by atoms with E-state index in [0.717, 1.165) is 5.76 Å². The van der Waals surface area contributed by atoms with E-state index in [1.165, 1.54) is 0 Å². The second kappa shape index (κ2) is 5.16. The molecule has 0 radical (unpaired) electrons. The van der Waals surface area contributed by atoms with Crippen molar-refractivity contribution in [2.24, 2.45) is 5.73 Å². The quantitative estimate of drug-likeness (QED) is 0.822. The average Bonchev–Trinajstić information content (AvgIpc) is 2.77. The number of nitrogens with zero attached hydrogens (tertiary/aromatic N) is 1. The topological polar surface area (TPSA) is 59.5 Å². The summed E-state index contributed by atoms with van der Waals surface area (Å²) in [6.07, 6.45) is 2.71. The van der Waals surface area contributed by atoms with Gasteiger partial charge in [-0.2, -0.15) is 0 Å². The third-order valence-corrected chi connectivity index (χ3v) is 2.95. The molecule has 0 aliphatic heterocycles. The predicted octanol–water partition coefficient (Wildman–Crippen LogP) is 1.41. The number of nitrogens with two attached hydrogens (primary N) is 1. The summed E-state index contributed by atoms with van der Waals surface area (Å²) < 4.78 is 5.18. The molecular weight excluding hydrogens is 204 g/mol. The van der Waals surface area contributed by atoms with E-state index in [4.69, 9.17) is 10.2 Å². The van der Waals surface area contributed by atoms with Crippen molar-refractivity contribution in [1.29, 1.82) is 0 Å². The lowest BCUT2D eigenvalue weighted by atomic mass is 10.0. The number of hydrogen-bond acceptors (Lipinski definition) is 3. The van der Waals surface area contributed by atoms with Crippen molar-refractivity contribution in [3.8, 4) is 0 Å². The van der Waals surface area contributed by atoms with Crippen molar-refractivity contribution in [1.82, 2.24) is 4.90 Å². The van der Waals surface area contributed by atoms with E-state index in [0.29, 0.717) is 19.4 Å². The highest BCUT2D eigenvalue weighted by molar-refractivity contribution is 5.76. The van der Waals surface area contributed by atoms with Crippen LogP contribution in [-0.2, 0) is 11.2 Å². The lowest BCUT2D eigenvalue weighted by molar-refractivity contribution is -0.134. The Balaban J connectivity index is 2.46. The molecule has 1 heterocycles. The molecule has 1 rings (SSSR count). The Morgan fingerprint density at radius 2 is 2.25 bits per heavy atom. The molecule has 1 aromatic rings. The Labute approximate surface area is 96.4 Å². The molecule has 0 saturated heterocycles. The number of furan rings is 1. The number of aryl methyl sites for hydroxylation is 1. The fraction of sp³-hybridized carbons (Fsp3) is 0.583. The molecule has 0 unspecified atom stereocenters. The van der Waals surface area contributed by atoms with E-state index in [-0.39, 0.29) is 11.4 Å². The maximum atomic E-state index is 11.9. The van der Waals surface area contributed by atoms with Crippen LogP contribution in [-0.4, -0.2) is 29.9 Å². The van der Waals surface area contributed by atoms with E-state index in [1.54, 1.807) is 18.2 Å². The highest BCUT2D eigenvalue weighted by Crippen LogP contribution is 2.13. The second-order valence-electron chi connectivity index (χ2n) is 4.55. The average molecular weight is 224 g/mol. The van der Waals surface area contributed by atoms with Crippen LogP contribution in [0, 0.1) is 0 Å². The Hall–Kier alpha value is -1.29. The van der Waals surface area contributed by atoms with Crippen molar-refractivity contribution in [2.75, 3.05) is 13.6 Å². The number of amides is 1. The van der Waals surface area contributed by atoms with Gasteiger partial charge in [-0.15, -0.1) is 0 Å². The van der Waals surface area contributed by atoms with Crippen molar-refractivity contribution in [2.45, 2.75) is 32.2 Å². The van der Waals surface area contributed by atoms with Crippen LogP contribution < -0.4 is 5.73 Å². The van der Waals surface area contributed by atoms with Crippen molar-refractivity contribution in [3.63, 3.8) is 0 Å². The third-order valence-electron chi connectivity index (χ3n) is 2.95. The van der Waals surface area contributed by atoms with Crippen LogP contribution in [0.1, 0.15) is 26.0 Å². The number of carbonyl (C=O) groups is 1. The standard InChI is InChI=1S/C12H20N2O2/c1-12(2,9-13)14(3)11(15)7-6-10-5-4-8-16-10/h4-5,8H,6-7,9,13H2,1-3H3. The molecule has 1 amide bonds. The van der Waals surface area contributed by atoms with Gasteiger partial charge >= 0.3 is 0 Å². The van der Waals surface area contributed by atoms with E-state index < -0.39 is 0 Å². The molecule has 0 fully saturated rings. The molecule has 0 bridgehead atoms. The molecule has 16 heavy (non-hydrogen) atoms. The lowest BCUT2D eigenvalue weighted by Crippen LogP contribution is -2.50. The van der Waals surface area contributed by atoms with Crippen molar-refractivity contribution in [3.05, 3.63) is 24.2 Å². The molecule has 0 aliphatic carbocycles. The van der Waals surface area contributed by atoms with Gasteiger partial charge in [-0.1, -0.05) is 0 Å². The molecule has 2 N–H and O–H groups in total. The first-order chi connectivity index (χ1) is 7.47. The smallest absolute Gasteiger partial charge is 0.223 e. The van der Waals surface area contributed by atoms with Gasteiger partial charge in [0.2, 0.25) is 5.91 Å². The van der Waals surface area contributed by atoms with Gasteiger partial charge in [0, 0.05) is 32.0 Å². The van der Waals surface area contributed by atoms with E-state index in [2.05, 4.69) is 0 Å². The maximum absolute atomic E-state index is 11.9. The van der Waals surface area contributed by atoms with Gasteiger partial charge in [-0.05, 0) is 26.0 Å². The summed E-state index contributed by atoms with van der Waals surface area (Å²) in [6.45, 7) is 4.37. The van der Waals surface area contributed by atoms with Gasteiger partial charge in [0.1, 0.15) is 5.76 Å². The zero-order valence-electron chi connectivity index (χ0n) is 10.2. The van der Waals surface area contributed by atoms with Crippen LogP contribution in [0.15, 0.2) is 22.8 Å². The predicted molar refractivity (Wildman–Crippen MR) is 62.9 cm³/mol. The minimum atomic E-state index is -0.291. The zero-order valence-corrected chi connectivity index (χ0v) is 10.2. The van der Waals surface area contributed by atoms with Crippen LogP contribution in [0.5, 0.6) is 0 Å². The van der Waals surface area contributed by atoms with Gasteiger partial charge in [0.05, 0.1) is 6.26 Å². The lowest BCUT2D eigenvalue weighted by Gasteiger charge is -2.34. The Kier molecular flexibility index (Phi) is 4.12. The summed E-state index contributed by atoms with van der Waals surface area (Å²) in [5, 5.41) is 0. The fourth-order valence-electron chi connectivity index (χ4n) is 1.33. The van der Waals surface area contributed by atoms with Crippen molar-refractivity contribution >= 4 is 5.91 Å². The number of likely N-dealkylation sites (N-methyl/N-ethyl adjacent to an activating group) is 1. The molecule has 4 heteroatoms. The van der Waals surface area contributed by atoms with Crippen LogP contribution >= 0.6 is 0 Å². The maximum Gasteiger partial charge on any atom is 0.223 e. The molecular formula is C12H20N2O2. The summed E-state index contributed by atoms with van der Waals surface area (Å²) in [5.41, 5.74) is 5.33. The molecule has 4 nitrogen and oxygen atoms in total. The van der Waals surface area contributed by atoms with Crippen LogP contribution in [0.25, 0.3) is 0 Å². The summed E-state index contributed by atoms with van der Waals surface area (Å²) in [4.78, 5) is 13.6. The van der Waals surface area contributed by atoms with Crippen LogP contribution in [0.2, 0.25) is 0 Å². The highest BCUT2D eigenvalue weighted by atomic mass is 16.3. The van der Waals surface area contributed by atoms with Gasteiger partial charge in [-0.25, -0.2) is 0 Å². The SMILES string of the molecule is CN(C(=O)CCc1ccco1)C(C)(C)CN. The molecule has 0 spiro atoms. The monoisotopic (exact) mass is 224 g/mol. The first-order valence-corrected chi connectivity index (χ1v) is 5.46. The minimum Gasteiger partial charge on any atom is -0.469 e. The first-order valence-electron chi connectivity index (χ1n) is 5.46. The minimum absolute atomic E-state index is 0.0897. The molecule has 0 atom stereocenters. The molecule has 90 valence electrons. The largest absolute Gasteiger partial charge is 0.469 e.